The van der Waals surface area contributed by atoms with Gasteiger partial charge in [-0.05, 0) is 37.1 Å². The molecule has 0 radical (unpaired) electrons. The monoisotopic (exact) mass is 411 g/mol. The molecule has 0 fully saturated rings. The Morgan fingerprint density at radius 1 is 1.24 bits per heavy atom. The van der Waals surface area contributed by atoms with Crippen molar-refractivity contribution in [1.82, 2.24) is 20.2 Å². The summed E-state index contributed by atoms with van der Waals surface area (Å²) in [5.74, 6) is 8.05. The number of aromatic nitrogens is 3. The van der Waals surface area contributed by atoms with Crippen molar-refractivity contribution in [2.75, 3.05) is 12.6 Å². The Kier molecular flexibility index (Phi) is 5.30. The van der Waals surface area contributed by atoms with Crippen LogP contribution < -0.4 is 20.6 Å². The number of hydrogen-bond acceptors (Lipinski definition) is 7. The van der Waals surface area contributed by atoms with Crippen LogP contribution in [0.1, 0.15) is 18.1 Å². The van der Waals surface area contributed by atoms with Gasteiger partial charge in [0.15, 0.2) is 17.3 Å². The minimum Gasteiger partial charge on any atom is -0.454 e. The highest BCUT2D eigenvalue weighted by Crippen LogP contribution is 2.32. The lowest BCUT2D eigenvalue weighted by Crippen LogP contribution is -2.30. The van der Waals surface area contributed by atoms with Gasteiger partial charge >= 0.3 is 0 Å². The molecule has 0 saturated carbocycles. The molecule has 9 heteroatoms. The molecule has 0 unspecified atom stereocenters. The molecule has 0 bridgehead atoms. The van der Waals surface area contributed by atoms with Gasteiger partial charge in [-0.1, -0.05) is 42.1 Å². The average molecular weight is 411 g/mol. The molecule has 3 N–H and O–H groups in total. The van der Waals surface area contributed by atoms with Crippen molar-refractivity contribution < 1.29 is 14.3 Å². The van der Waals surface area contributed by atoms with Crippen LogP contribution in [0.25, 0.3) is 11.4 Å². The normalized spacial score (nSPS) is 13.3. The van der Waals surface area contributed by atoms with E-state index in [2.05, 4.69) is 15.5 Å². The summed E-state index contributed by atoms with van der Waals surface area (Å²) in [7, 11) is 0. The SMILES string of the molecule is Cc1ccccc1-c1nnc(S[C@H](C)C(=O)NCc2ccc3c(c2)OCO3)n1N. The van der Waals surface area contributed by atoms with Crippen molar-refractivity contribution in [2.24, 2.45) is 0 Å². The first kappa shape index (κ1) is 19.1. The zero-order valence-electron chi connectivity index (χ0n) is 16.1. The van der Waals surface area contributed by atoms with Crippen LogP contribution >= 0.6 is 11.8 Å². The number of aryl methyl sites for hydroxylation is 1. The molecule has 150 valence electrons. The van der Waals surface area contributed by atoms with Crippen LogP contribution in [0.15, 0.2) is 47.6 Å². The Morgan fingerprint density at radius 2 is 2.03 bits per heavy atom. The highest BCUT2D eigenvalue weighted by atomic mass is 32.2. The van der Waals surface area contributed by atoms with Gasteiger partial charge in [0.2, 0.25) is 17.9 Å². The first-order chi connectivity index (χ1) is 14.0. The van der Waals surface area contributed by atoms with Gasteiger partial charge in [0.1, 0.15) is 0 Å². The summed E-state index contributed by atoms with van der Waals surface area (Å²) in [4.78, 5) is 12.5. The second-order valence-electron chi connectivity index (χ2n) is 6.66. The van der Waals surface area contributed by atoms with E-state index in [9.17, 15) is 4.79 Å². The Labute approximate surface area is 172 Å². The van der Waals surface area contributed by atoms with Crippen LogP contribution in [0.5, 0.6) is 11.5 Å². The van der Waals surface area contributed by atoms with E-state index >= 15 is 0 Å². The number of ether oxygens (including phenoxy) is 2. The molecule has 0 spiro atoms. The van der Waals surface area contributed by atoms with Crippen LogP contribution in [0.2, 0.25) is 0 Å². The third-order valence-electron chi connectivity index (χ3n) is 4.61. The predicted molar refractivity (Wildman–Crippen MR) is 110 cm³/mol. The molecule has 3 aromatic rings. The minimum atomic E-state index is -0.389. The highest BCUT2D eigenvalue weighted by Gasteiger charge is 2.21. The number of rotatable bonds is 6. The molecule has 1 aliphatic rings. The molecule has 1 amide bonds. The summed E-state index contributed by atoms with van der Waals surface area (Å²) in [5.41, 5.74) is 2.90. The number of thioether (sulfide) groups is 1. The first-order valence-corrected chi connectivity index (χ1v) is 10.0. The number of nitrogens with zero attached hydrogens (tertiary/aromatic N) is 3. The van der Waals surface area contributed by atoms with Gasteiger partial charge in [0, 0.05) is 12.1 Å². The Balaban J connectivity index is 1.38. The number of fused-ring (bicyclic) bond motifs is 1. The van der Waals surface area contributed by atoms with Crippen molar-refractivity contribution in [3.8, 4) is 22.9 Å². The van der Waals surface area contributed by atoms with E-state index in [0.29, 0.717) is 23.3 Å². The zero-order chi connectivity index (χ0) is 20.4. The maximum absolute atomic E-state index is 12.5. The Hall–Kier alpha value is -3.20. The fraction of sp³-hybridized carbons (Fsp3) is 0.250. The standard InChI is InChI=1S/C20H21N5O3S/c1-12-5-3-4-6-15(12)18-23-24-20(25(18)21)29-13(2)19(26)22-10-14-7-8-16-17(9-14)28-11-27-16/h3-9,13H,10-11,21H2,1-2H3,(H,22,26)/t13-/m1/s1. The summed E-state index contributed by atoms with van der Waals surface area (Å²) in [5, 5.41) is 11.4. The topological polar surface area (TPSA) is 104 Å². The molecule has 8 nitrogen and oxygen atoms in total. The predicted octanol–water partition coefficient (Wildman–Crippen LogP) is 2.49. The molecule has 2 heterocycles. The van der Waals surface area contributed by atoms with E-state index in [-0.39, 0.29) is 18.0 Å². The number of amides is 1. The van der Waals surface area contributed by atoms with Gasteiger partial charge in [-0.3, -0.25) is 4.79 Å². The maximum Gasteiger partial charge on any atom is 0.233 e. The van der Waals surface area contributed by atoms with Crippen molar-refractivity contribution in [3.05, 3.63) is 53.6 Å². The van der Waals surface area contributed by atoms with Crippen LogP contribution in [0, 0.1) is 6.92 Å². The number of nitrogens with one attached hydrogen (secondary N) is 1. The van der Waals surface area contributed by atoms with Gasteiger partial charge in [0.05, 0.1) is 5.25 Å². The summed E-state index contributed by atoms with van der Waals surface area (Å²) >= 11 is 1.26. The van der Waals surface area contributed by atoms with Gasteiger partial charge in [-0.25, -0.2) is 4.68 Å². The van der Waals surface area contributed by atoms with E-state index in [4.69, 9.17) is 15.3 Å². The third-order valence-corrected chi connectivity index (χ3v) is 5.66. The molecule has 0 saturated heterocycles. The summed E-state index contributed by atoms with van der Waals surface area (Å²) < 4.78 is 12.1. The van der Waals surface area contributed by atoms with Gasteiger partial charge in [-0.2, -0.15) is 0 Å². The molecule has 1 aromatic heterocycles. The lowest BCUT2D eigenvalue weighted by Gasteiger charge is -2.12. The van der Waals surface area contributed by atoms with E-state index < -0.39 is 0 Å². The van der Waals surface area contributed by atoms with Crippen LogP contribution in [-0.2, 0) is 11.3 Å². The van der Waals surface area contributed by atoms with E-state index in [1.165, 1.54) is 16.4 Å². The molecular formula is C20H21N5O3S. The number of nitrogen functional groups attached to an aromatic ring is 1. The van der Waals surface area contributed by atoms with E-state index in [1.807, 2.05) is 56.3 Å². The van der Waals surface area contributed by atoms with Crippen molar-refractivity contribution in [1.29, 1.82) is 0 Å². The second-order valence-corrected chi connectivity index (χ2v) is 7.96. The molecule has 29 heavy (non-hydrogen) atoms. The molecule has 2 aromatic carbocycles. The number of carbonyl (C=O) groups excluding carboxylic acids is 1. The van der Waals surface area contributed by atoms with Crippen LogP contribution in [0.3, 0.4) is 0 Å². The van der Waals surface area contributed by atoms with Crippen LogP contribution in [-0.4, -0.2) is 32.8 Å². The van der Waals surface area contributed by atoms with E-state index in [0.717, 1.165) is 22.4 Å². The number of nitrogens with two attached hydrogens (primary N) is 1. The lowest BCUT2D eigenvalue weighted by molar-refractivity contribution is -0.120. The summed E-state index contributed by atoms with van der Waals surface area (Å²) in [6, 6.07) is 13.4. The maximum atomic E-state index is 12.5. The summed E-state index contributed by atoms with van der Waals surface area (Å²) in [6.07, 6.45) is 0. The smallest absolute Gasteiger partial charge is 0.233 e. The third kappa shape index (κ3) is 4.00. The number of carbonyl (C=O) groups is 1. The zero-order valence-corrected chi connectivity index (χ0v) is 16.9. The average Bonchev–Trinajstić information content (AvgIpc) is 3.33. The number of hydrogen-bond donors (Lipinski definition) is 2. The lowest BCUT2D eigenvalue weighted by atomic mass is 10.1. The van der Waals surface area contributed by atoms with Gasteiger partial charge < -0.3 is 20.6 Å². The van der Waals surface area contributed by atoms with E-state index in [1.54, 1.807) is 0 Å². The van der Waals surface area contributed by atoms with Crippen molar-refractivity contribution in [2.45, 2.75) is 30.8 Å². The van der Waals surface area contributed by atoms with Crippen LogP contribution in [0.4, 0.5) is 0 Å². The molecule has 4 rings (SSSR count). The first-order valence-electron chi connectivity index (χ1n) is 9.12. The summed E-state index contributed by atoms with van der Waals surface area (Å²) in [6.45, 7) is 4.41. The minimum absolute atomic E-state index is 0.117. The van der Waals surface area contributed by atoms with Gasteiger partial charge in [-0.15, -0.1) is 10.2 Å². The fourth-order valence-electron chi connectivity index (χ4n) is 2.96. The quantitative estimate of drug-likeness (QED) is 0.474. The molecule has 0 aliphatic carbocycles. The highest BCUT2D eigenvalue weighted by molar-refractivity contribution is 8.00. The largest absolute Gasteiger partial charge is 0.454 e. The Bertz CT molecular complexity index is 1050. The van der Waals surface area contributed by atoms with Crippen molar-refractivity contribution >= 4 is 17.7 Å². The van der Waals surface area contributed by atoms with Crippen molar-refractivity contribution in [3.63, 3.8) is 0 Å². The second kappa shape index (κ2) is 8.04. The molecule has 1 aliphatic heterocycles. The number of benzene rings is 2. The molecule has 1 atom stereocenters. The van der Waals surface area contributed by atoms with Gasteiger partial charge in [0.25, 0.3) is 0 Å². The fourth-order valence-corrected chi connectivity index (χ4v) is 3.75. The Morgan fingerprint density at radius 3 is 2.86 bits per heavy atom. The molecular weight excluding hydrogens is 390 g/mol.